The van der Waals surface area contributed by atoms with Crippen molar-refractivity contribution in [1.29, 1.82) is 0 Å². The van der Waals surface area contributed by atoms with Gasteiger partial charge in [0.1, 0.15) is 0 Å². The summed E-state index contributed by atoms with van der Waals surface area (Å²) in [7, 11) is 0. The van der Waals surface area contributed by atoms with Gasteiger partial charge in [0.15, 0.2) is 0 Å². The number of carbonyl (C=O) groups excluding carboxylic acids is 1. The van der Waals surface area contributed by atoms with Crippen molar-refractivity contribution >= 4 is 17.7 Å². The Labute approximate surface area is 121 Å². The van der Waals surface area contributed by atoms with Gasteiger partial charge in [-0.1, -0.05) is 18.7 Å². The Morgan fingerprint density at radius 2 is 2.10 bits per heavy atom. The summed E-state index contributed by atoms with van der Waals surface area (Å²) < 4.78 is 24.4. The fraction of sp³-hybridized carbons (Fsp3) is 0.500. The summed E-state index contributed by atoms with van der Waals surface area (Å²) in [6.07, 6.45) is 0.909. The average Bonchev–Trinajstić information content (AvgIpc) is 2.41. The van der Waals surface area contributed by atoms with Crippen LogP contribution in [-0.2, 0) is 0 Å². The summed E-state index contributed by atoms with van der Waals surface area (Å²) in [6, 6.07) is 6.45. The number of amides is 1. The third-order valence-electron chi connectivity index (χ3n) is 3.44. The molecule has 0 saturated carbocycles. The van der Waals surface area contributed by atoms with E-state index in [9.17, 15) is 13.6 Å². The molecule has 0 aromatic heterocycles. The van der Waals surface area contributed by atoms with E-state index in [1.807, 2.05) is 0 Å². The monoisotopic (exact) mass is 300 g/mol. The van der Waals surface area contributed by atoms with Crippen LogP contribution in [0, 0.1) is 5.92 Å². The highest BCUT2D eigenvalue weighted by molar-refractivity contribution is 7.99. The Kier molecular flexibility index (Phi) is 5.37. The van der Waals surface area contributed by atoms with Crippen molar-refractivity contribution in [3.05, 3.63) is 29.8 Å². The van der Waals surface area contributed by atoms with E-state index in [1.54, 1.807) is 24.3 Å². The third-order valence-corrected chi connectivity index (χ3v) is 4.17. The number of hydrogen-bond donors (Lipinski definition) is 2. The highest BCUT2D eigenvalue weighted by Crippen LogP contribution is 2.25. The Balaban J connectivity index is 1.95. The largest absolute Gasteiger partial charge is 0.349 e. The van der Waals surface area contributed by atoms with E-state index in [1.165, 1.54) is 0 Å². The van der Waals surface area contributed by atoms with Crippen LogP contribution in [0.25, 0.3) is 0 Å². The zero-order chi connectivity index (χ0) is 14.5. The number of carbonyl (C=O) groups is 1. The van der Waals surface area contributed by atoms with E-state index in [4.69, 9.17) is 0 Å². The smallest absolute Gasteiger partial charge is 0.288 e. The van der Waals surface area contributed by atoms with Crippen LogP contribution < -0.4 is 10.6 Å². The van der Waals surface area contributed by atoms with Gasteiger partial charge in [-0.05, 0) is 49.7 Å². The van der Waals surface area contributed by atoms with Gasteiger partial charge in [0.2, 0.25) is 0 Å². The van der Waals surface area contributed by atoms with Gasteiger partial charge in [-0.3, -0.25) is 4.79 Å². The number of benzene rings is 1. The maximum atomic E-state index is 12.2. The predicted molar refractivity (Wildman–Crippen MR) is 76.2 cm³/mol. The first kappa shape index (κ1) is 15.3. The summed E-state index contributed by atoms with van der Waals surface area (Å²) in [6.45, 7) is 3.90. The minimum absolute atomic E-state index is 0.141. The standard InChI is InChI=1S/C14H18F2N2OS/c1-9-8-17-7-6-12(9)18-13(19)10-2-4-11(5-3-10)20-14(15)16/h2-5,9,12,14,17H,6-8H2,1H3,(H,18,19). The molecule has 0 aliphatic carbocycles. The van der Waals surface area contributed by atoms with Gasteiger partial charge in [-0.15, -0.1) is 0 Å². The third kappa shape index (κ3) is 4.18. The van der Waals surface area contributed by atoms with Crippen molar-refractivity contribution in [2.75, 3.05) is 13.1 Å². The van der Waals surface area contributed by atoms with Crippen LogP contribution in [0.2, 0.25) is 0 Å². The molecule has 1 amide bonds. The van der Waals surface area contributed by atoms with Crippen LogP contribution in [-0.4, -0.2) is 30.8 Å². The lowest BCUT2D eigenvalue weighted by Gasteiger charge is -2.30. The number of hydrogen-bond acceptors (Lipinski definition) is 3. The van der Waals surface area contributed by atoms with Crippen LogP contribution in [0.4, 0.5) is 8.78 Å². The molecule has 2 unspecified atom stereocenters. The van der Waals surface area contributed by atoms with E-state index in [0.717, 1.165) is 19.5 Å². The molecule has 0 spiro atoms. The van der Waals surface area contributed by atoms with Gasteiger partial charge in [0.05, 0.1) is 0 Å². The Bertz CT molecular complexity index is 453. The molecule has 1 aliphatic heterocycles. The molecule has 3 nitrogen and oxygen atoms in total. The van der Waals surface area contributed by atoms with Gasteiger partial charge >= 0.3 is 0 Å². The zero-order valence-corrected chi connectivity index (χ0v) is 12.1. The first-order valence-corrected chi connectivity index (χ1v) is 7.50. The van der Waals surface area contributed by atoms with Gasteiger partial charge in [-0.2, -0.15) is 8.78 Å². The molecular formula is C14H18F2N2OS. The average molecular weight is 300 g/mol. The molecule has 6 heteroatoms. The summed E-state index contributed by atoms with van der Waals surface area (Å²) in [4.78, 5) is 12.6. The number of halogens is 2. The molecule has 1 saturated heterocycles. The second-order valence-electron chi connectivity index (χ2n) is 4.95. The molecule has 1 heterocycles. The molecule has 2 atom stereocenters. The highest BCUT2D eigenvalue weighted by Gasteiger charge is 2.22. The van der Waals surface area contributed by atoms with Crippen molar-refractivity contribution in [3.63, 3.8) is 0 Å². The molecule has 2 N–H and O–H groups in total. The molecule has 110 valence electrons. The molecule has 20 heavy (non-hydrogen) atoms. The molecular weight excluding hydrogens is 282 g/mol. The topological polar surface area (TPSA) is 41.1 Å². The number of rotatable bonds is 4. The van der Waals surface area contributed by atoms with E-state index in [-0.39, 0.29) is 11.9 Å². The SMILES string of the molecule is CC1CNCCC1NC(=O)c1ccc(SC(F)F)cc1. The zero-order valence-electron chi connectivity index (χ0n) is 11.2. The Hall–Kier alpha value is -1.14. The van der Waals surface area contributed by atoms with E-state index < -0.39 is 5.76 Å². The van der Waals surface area contributed by atoms with Crippen molar-refractivity contribution < 1.29 is 13.6 Å². The maximum Gasteiger partial charge on any atom is 0.288 e. The lowest BCUT2D eigenvalue weighted by molar-refractivity contribution is 0.0914. The fourth-order valence-electron chi connectivity index (χ4n) is 2.27. The lowest BCUT2D eigenvalue weighted by Crippen LogP contribution is -2.48. The summed E-state index contributed by atoms with van der Waals surface area (Å²) in [5.74, 6) is -2.19. The van der Waals surface area contributed by atoms with Crippen LogP contribution >= 0.6 is 11.8 Å². The first-order chi connectivity index (χ1) is 9.56. The van der Waals surface area contributed by atoms with Crippen molar-refractivity contribution in [2.45, 2.75) is 30.0 Å². The fourth-order valence-corrected chi connectivity index (χ4v) is 2.77. The van der Waals surface area contributed by atoms with E-state index in [0.29, 0.717) is 28.1 Å². The second-order valence-corrected chi connectivity index (χ2v) is 6.02. The van der Waals surface area contributed by atoms with Crippen LogP contribution in [0.15, 0.2) is 29.2 Å². The highest BCUT2D eigenvalue weighted by atomic mass is 32.2. The quantitative estimate of drug-likeness (QED) is 0.840. The molecule has 1 aromatic carbocycles. The number of piperidine rings is 1. The normalized spacial score (nSPS) is 22.8. The molecule has 2 rings (SSSR count). The van der Waals surface area contributed by atoms with Crippen molar-refractivity contribution in [1.82, 2.24) is 10.6 Å². The van der Waals surface area contributed by atoms with Crippen LogP contribution in [0.5, 0.6) is 0 Å². The summed E-state index contributed by atoms with van der Waals surface area (Å²) >= 11 is 0.482. The number of alkyl halides is 2. The molecule has 1 fully saturated rings. The minimum Gasteiger partial charge on any atom is -0.349 e. The maximum absolute atomic E-state index is 12.2. The van der Waals surface area contributed by atoms with Crippen LogP contribution in [0.1, 0.15) is 23.7 Å². The number of thioether (sulfide) groups is 1. The van der Waals surface area contributed by atoms with Crippen LogP contribution in [0.3, 0.4) is 0 Å². The lowest BCUT2D eigenvalue weighted by atomic mass is 9.95. The van der Waals surface area contributed by atoms with E-state index >= 15 is 0 Å². The van der Waals surface area contributed by atoms with E-state index in [2.05, 4.69) is 17.6 Å². The van der Waals surface area contributed by atoms with Gasteiger partial charge < -0.3 is 10.6 Å². The van der Waals surface area contributed by atoms with Crippen molar-refractivity contribution in [3.8, 4) is 0 Å². The minimum atomic E-state index is -2.44. The first-order valence-electron chi connectivity index (χ1n) is 6.62. The van der Waals surface area contributed by atoms with Crippen molar-refractivity contribution in [2.24, 2.45) is 5.92 Å². The molecule has 0 bridgehead atoms. The molecule has 1 aromatic rings. The Morgan fingerprint density at radius 3 is 2.70 bits per heavy atom. The summed E-state index contributed by atoms with van der Waals surface area (Å²) in [5, 5.41) is 6.29. The number of nitrogens with one attached hydrogen (secondary N) is 2. The van der Waals surface area contributed by atoms with Gasteiger partial charge in [-0.25, -0.2) is 0 Å². The van der Waals surface area contributed by atoms with Gasteiger partial charge in [0, 0.05) is 16.5 Å². The Morgan fingerprint density at radius 1 is 1.40 bits per heavy atom. The predicted octanol–water partition coefficient (Wildman–Crippen LogP) is 2.73. The second kappa shape index (κ2) is 7.04. The molecule has 1 aliphatic rings. The summed E-state index contributed by atoms with van der Waals surface area (Å²) in [5.41, 5.74) is 0.509. The van der Waals surface area contributed by atoms with Gasteiger partial charge in [0.25, 0.3) is 11.7 Å². The molecule has 0 radical (unpaired) electrons.